The highest BCUT2D eigenvalue weighted by Gasteiger charge is 2.46. The lowest BCUT2D eigenvalue weighted by Gasteiger charge is -2.25. The van der Waals surface area contributed by atoms with E-state index in [-0.39, 0.29) is 16.9 Å². The van der Waals surface area contributed by atoms with E-state index >= 15 is 0 Å². The molecule has 0 bridgehead atoms. The summed E-state index contributed by atoms with van der Waals surface area (Å²) in [6.45, 7) is 2.11. The first-order valence-corrected chi connectivity index (χ1v) is 6.61. The molecule has 3 heteroatoms. The Bertz CT molecular complexity index is 242. The fourth-order valence-electron chi connectivity index (χ4n) is 2.22. The molecule has 0 aromatic carbocycles. The molecule has 2 aliphatic rings. The minimum absolute atomic E-state index is 0.0717. The van der Waals surface area contributed by atoms with Crippen molar-refractivity contribution in [1.82, 2.24) is 5.32 Å². The molecule has 0 spiro atoms. The van der Waals surface area contributed by atoms with Gasteiger partial charge in [0.2, 0.25) is 5.91 Å². The maximum Gasteiger partial charge on any atom is 0.226 e. The lowest BCUT2D eigenvalue weighted by molar-refractivity contribution is -0.130. The molecule has 2 rings (SSSR count). The standard InChI is InChI=1S/C11H18BrNO/c1-10(4-2-3-5-10)9(14)13-11(8-12)6-7-11/h2-8H2,1H3,(H,13,14). The van der Waals surface area contributed by atoms with Crippen LogP contribution in [0.25, 0.3) is 0 Å². The summed E-state index contributed by atoms with van der Waals surface area (Å²) in [7, 11) is 0. The third kappa shape index (κ3) is 1.83. The maximum atomic E-state index is 12.0. The Hall–Kier alpha value is -0.0500. The van der Waals surface area contributed by atoms with Crippen LogP contribution in [0.4, 0.5) is 0 Å². The molecule has 0 aromatic heterocycles. The summed E-state index contributed by atoms with van der Waals surface area (Å²) in [5.41, 5.74) is 0.0421. The SMILES string of the molecule is CC1(C(=O)NC2(CBr)CC2)CCCC1. The maximum absolute atomic E-state index is 12.0. The van der Waals surface area contributed by atoms with Crippen LogP contribution >= 0.6 is 15.9 Å². The summed E-state index contributed by atoms with van der Waals surface area (Å²) < 4.78 is 0. The molecule has 1 N–H and O–H groups in total. The van der Waals surface area contributed by atoms with E-state index in [0.717, 1.165) is 31.0 Å². The predicted octanol–water partition coefficient (Wildman–Crippen LogP) is 2.61. The Morgan fingerprint density at radius 1 is 1.29 bits per heavy atom. The van der Waals surface area contributed by atoms with Crippen LogP contribution in [0.1, 0.15) is 45.4 Å². The van der Waals surface area contributed by atoms with Gasteiger partial charge in [0.15, 0.2) is 0 Å². The van der Waals surface area contributed by atoms with Gasteiger partial charge in [0.1, 0.15) is 0 Å². The van der Waals surface area contributed by atoms with E-state index in [1.54, 1.807) is 0 Å². The predicted molar refractivity (Wildman–Crippen MR) is 60.5 cm³/mol. The van der Waals surface area contributed by atoms with Crippen LogP contribution < -0.4 is 5.32 Å². The molecule has 0 saturated heterocycles. The highest BCUT2D eigenvalue weighted by molar-refractivity contribution is 9.09. The number of amides is 1. The van der Waals surface area contributed by atoms with Gasteiger partial charge in [-0.15, -0.1) is 0 Å². The molecular formula is C11H18BrNO. The third-order valence-electron chi connectivity index (χ3n) is 3.74. The van der Waals surface area contributed by atoms with Crippen molar-refractivity contribution in [3.05, 3.63) is 0 Å². The van der Waals surface area contributed by atoms with Crippen molar-refractivity contribution in [2.24, 2.45) is 5.41 Å². The summed E-state index contributed by atoms with van der Waals surface area (Å²) in [6.07, 6.45) is 6.84. The molecule has 0 aromatic rings. The van der Waals surface area contributed by atoms with Crippen LogP contribution in [0.2, 0.25) is 0 Å². The van der Waals surface area contributed by atoms with Gasteiger partial charge in [0.05, 0.1) is 0 Å². The van der Waals surface area contributed by atoms with Crippen molar-refractivity contribution in [2.45, 2.75) is 51.0 Å². The van der Waals surface area contributed by atoms with Crippen molar-refractivity contribution < 1.29 is 4.79 Å². The molecule has 0 unspecified atom stereocenters. The Balaban J connectivity index is 1.95. The van der Waals surface area contributed by atoms with Crippen molar-refractivity contribution >= 4 is 21.8 Å². The smallest absolute Gasteiger partial charge is 0.226 e. The van der Waals surface area contributed by atoms with Gasteiger partial charge in [-0.25, -0.2) is 0 Å². The highest BCUT2D eigenvalue weighted by Crippen LogP contribution is 2.42. The molecule has 0 aliphatic heterocycles. The molecule has 14 heavy (non-hydrogen) atoms. The number of rotatable bonds is 3. The first kappa shape index (κ1) is 10.5. The molecule has 2 aliphatic carbocycles. The molecule has 80 valence electrons. The number of halogens is 1. The average molecular weight is 260 g/mol. The van der Waals surface area contributed by atoms with Crippen molar-refractivity contribution in [1.29, 1.82) is 0 Å². The second kappa shape index (κ2) is 3.51. The largest absolute Gasteiger partial charge is 0.349 e. The number of hydrogen-bond donors (Lipinski definition) is 1. The van der Waals surface area contributed by atoms with E-state index in [4.69, 9.17) is 0 Å². The second-order valence-electron chi connectivity index (χ2n) is 5.14. The summed E-state index contributed by atoms with van der Waals surface area (Å²) in [5.74, 6) is 0.284. The fraction of sp³-hybridized carbons (Fsp3) is 0.909. The number of carbonyl (C=O) groups is 1. The second-order valence-corrected chi connectivity index (χ2v) is 5.70. The number of hydrogen-bond acceptors (Lipinski definition) is 1. The van der Waals surface area contributed by atoms with Gasteiger partial charge in [-0.1, -0.05) is 35.7 Å². The van der Waals surface area contributed by atoms with Crippen LogP contribution in [0.15, 0.2) is 0 Å². The van der Waals surface area contributed by atoms with Gasteiger partial charge < -0.3 is 5.32 Å². The minimum Gasteiger partial charge on any atom is -0.349 e. The van der Waals surface area contributed by atoms with E-state index < -0.39 is 0 Å². The van der Waals surface area contributed by atoms with Crippen LogP contribution in [0.5, 0.6) is 0 Å². The molecule has 2 saturated carbocycles. The molecule has 0 radical (unpaired) electrons. The molecule has 2 nitrogen and oxygen atoms in total. The number of alkyl halides is 1. The topological polar surface area (TPSA) is 29.1 Å². The zero-order chi connectivity index (χ0) is 10.2. The van der Waals surface area contributed by atoms with Crippen molar-refractivity contribution in [2.75, 3.05) is 5.33 Å². The molecular weight excluding hydrogens is 242 g/mol. The Morgan fingerprint density at radius 3 is 2.29 bits per heavy atom. The molecule has 0 heterocycles. The van der Waals surface area contributed by atoms with Gasteiger partial charge in [0.25, 0.3) is 0 Å². The zero-order valence-electron chi connectivity index (χ0n) is 8.74. The van der Waals surface area contributed by atoms with Gasteiger partial charge in [-0.05, 0) is 25.7 Å². The molecule has 1 amide bonds. The number of nitrogens with one attached hydrogen (secondary N) is 1. The van der Waals surface area contributed by atoms with E-state index in [2.05, 4.69) is 28.2 Å². The van der Waals surface area contributed by atoms with Crippen LogP contribution in [-0.2, 0) is 4.79 Å². The van der Waals surface area contributed by atoms with E-state index in [0.29, 0.717) is 0 Å². The lowest BCUT2D eigenvalue weighted by atomic mass is 9.87. The van der Waals surface area contributed by atoms with Crippen molar-refractivity contribution in [3.63, 3.8) is 0 Å². The van der Waals surface area contributed by atoms with Gasteiger partial charge >= 0.3 is 0 Å². The van der Waals surface area contributed by atoms with Gasteiger partial charge in [-0.3, -0.25) is 4.79 Å². The Kier molecular flexibility index (Phi) is 2.63. The minimum atomic E-state index is -0.0717. The van der Waals surface area contributed by atoms with E-state index in [1.165, 1.54) is 12.8 Å². The summed E-state index contributed by atoms with van der Waals surface area (Å²) >= 11 is 3.47. The highest BCUT2D eigenvalue weighted by atomic mass is 79.9. The summed E-state index contributed by atoms with van der Waals surface area (Å²) in [5, 5.41) is 4.12. The lowest BCUT2D eigenvalue weighted by Crippen LogP contribution is -2.45. The molecule has 2 fully saturated rings. The quantitative estimate of drug-likeness (QED) is 0.776. The van der Waals surface area contributed by atoms with Gasteiger partial charge in [-0.2, -0.15) is 0 Å². The Morgan fingerprint density at radius 2 is 1.86 bits per heavy atom. The molecule has 0 atom stereocenters. The van der Waals surface area contributed by atoms with Gasteiger partial charge in [0, 0.05) is 16.3 Å². The van der Waals surface area contributed by atoms with Crippen molar-refractivity contribution in [3.8, 4) is 0 Å². The van der Waals surface area contributed by atoms with Crippen LogP contribution in [-0.4, -0.2) is 16.8 Å². The first-order valence-electron chi connectivity index (χ1n) is 5.49. The monoisotopic (exact) mass is 259 g/mol. The average Bonchev–Trinajstić information content (AvgIpc) is 2.80. The van der Waals surface area contributed by atoms with Crippen LogP contribution in [0.3, 0.4) is 0 Å². The normalized spacial score (nSPS) is 27.3. The van der Waals surface area contributed by atoms with Crippen LogP contribution in [0, 0.1) is 5.41 Å². The van der Waals surface area contributed by atoms with E-state index in [1.807, 2.05) is 0 Å². The Labute approximate surface area is 94.0 Å². The zero-order valence-corrected chi connectivity index (χ0v) is 10.3. The summed E-state index contributed by atoms with van der Waals surface area (Å²) in [6, 6.07) is 0. The summed E-state index contributed by atoms with van der Waals surface area (Å²) in [4.78, 5) is 12.0. The fourth-order valence-corrected chi connectivity index (χ4v) is 2.92. The third-order valence-corrected chi connectivity index (χ3v) is 4.82. The number of carbonyl (C=O) groups excluding carboxylic acids is 1. The first-order chi connectivity index (χ1) is 6.60. The van der Waals surface area contributed by atoms with E-state index in [9.17, 15) is 4.79 Å².